The number of nitrogens with one attached hydrogen (secondary N) is 1. The molecule has 6 nitrogen and oxygen atoms in total. The summed E-state index contributed by atoms with van der Waals surface area (Å²) < 4.78 is 1.82. The van der Waals surface area contributed by atoms with Crippen molar-refractivity contribution in [3.63, 3.8) is 0 Å². The summed E-state index contributed by atoms with van der Waals surface area (Å²) in [6.07, 6.45) is 4.61. The Morgan fingerprint density at radius 1 is 1.45 bits per heavy atom. The molecule has 0 saturated heterocycles. The van der Waals surface area contributed by atoms with Crippen LogP contribution in [0, 0.1) is 0 Å². The first-order chi connectivity index (χ1) is 9.58. The molecular weight excluding hydrogens is 274 g/mol. The Morgan fingerprint density at radius 2 is 2.20 bits per heavy atom. The molecule has 0 aliphatic rings. The van der Waals surface area contributed by atoms with Crippen molar-refractivity contribution >= 4 is 17.7 Å². The van der Waals surface area contributed by atoms with Gasteiger partial charge in [-0.15, -0.1) is 10.2 Å². The molecule has 0 spiro atoms. The van der Waals surface area contributed by atoms with Crippen LogP contribution in [0.15, 0.2) is 5.16 Å². The van der Waals surface area contributed by atoms with E-state index in [0.717, 1.165) is 23.8 Å². The first-order valence-corrected chi connectivity index (χ1v) is 8.07. The number of unbranched alkanes of at least 4 members (excludes halogenated alkanes) is 2. The third-order valence-corrected chi connectivity index (χ3v) is 4.11. The fourth-order valence-corrected chi connectivity index (χ4v) is 2.61. The summed E-state index contributed by atoms with van der Waals surface area (Å²) in [4.78, 5) is 11.8. The van der Waals surface area contributed by atoms with Gasteiger partial charge in [0.25, 0.3) is 0 Å². The average molecular weight is 299 g/mol. The van der Waals surface area contributed by atoms with E-state index in [9.17, 15) is 4.79 Å². The van der Waals surface area contributed by atoms with E-state index in [2.05, 4.69) is 22.4 Å². The number of amides is 1. The predicted molar refractivity (Wildman–Crippen MR) is 81.4 cm³/mol. The maximum atomic E-state index is 11.8. The molecule has 1 unspecified atom stereocenters. The Bertz CT molecular complexity index is 421. The second-order valence-electron chi connectivity index (χ2n) is 4.91. The molecule has 0 aliphatic heterocycles. The predicted octanol–water partition coefficient (Wildman–Crippen LogP) is 1.45. The number of rotatable bonds is 9. The Hall–Kier alpha value is -1.08. The van der Waals surface area contributed by atoms with Crippen LogP contribution in [0.5, 0.6) is 0 Å². The molecule has 7 heteroatoms. The molecular formula is C13H25N5OS. The second kappa shape index (κ2) is 8.97. The van der Waals surface area contributed by atoms with Crippen LogP contribution < -0.4 is 11.1 Å². The SMILES string of the molecule is CCCCCC(C)NC(=O)CSc1nnc(CN)n1C. The minimum absolute atomic E-state index is 0.0382. The highest BCUT2D eigenvalue weighted by atomic mass is 32.2. The average Bonchev–Trinajstić information content (AvgIpc) is 2.77. The molecule has 0 aromatic carbocycles. The second-order valence-corrected chi connectivity index (χ2v) is 5.86. The first kappa shape index (κ1) is 17.0. The number of thioether (sulfide) groups is 1. The van der Waals surface area contributed by atoms with Crippen molar-refractivity contribution in [3.8, 4) is 0 Å². The van der Waals surface area contributed by atoms with Gasteiger partial charge >= 0.3 is 0 Å². The van der Waals surface area contributed by atoms with E-state index in [-0.39, 0.29) is 11.9 Å². The van der Waals surface area contributed by atoms with Gasteiger partial charge in [-0.25, -0.2) is 0 Å². The Kier molecular flexibility index (Phi) is 7.61. The molecule has 0 radical (unpaired) electrons. The lowest BCUT2D eigenvalue weighted by Crippen LogP contribution is -2.33. The van der Waals surface area contributed by atoms with E-state index in [1.807, 2.05) is 18.5 Å². The van der Waals surface area contributed by atoms with Crippen LogP contribution in [0.1, 0.15) is 45.4 Å². The summed E-state index contributed by atoms with van der Waals surface area (Å²) in [5.41, 5.74) is 5.53. The van der Waals surface area contributed by atoms with Gasteiger partial charge < -0.3 is 15.6 Å². The van der Waals surface area contributed by atoms with E-state index >= 15 is 0 Å². The summed E-state index contributed by atoms with van der Waals surface area (Å²) in [6.45, 7) is 4.58. The molecule has 1 rings (SSSR count). The zero-order chi connectivity index (χ0) is 15.0. The number of carbonyl (C=O) groups excluding carboxylic acids is 1. The highest BCUT2D eigenvalue weighted by Gasteiger charge is 2.11. The van der Waals surface area contributed by atoms with E-state index in [0.29, 0.717) is 12.3 Å². The van der Waals surface area contributed by atoms with Gasteiger partial charge in [-0.3, -0.25) is 4.79 Å². The lowest BCUT2D eigenvalue weighted by atomic mass is 10.1. The lowest BCUT2D eigenvalue weighted by Gasteiger charge is -2.13. The van der Waals surface area contributed by atoms with Crippen molar-refractivity contribution < 1.29 is 4.79 Å². The largest absolute Gasteiger partial charge is 0.353 e. The normalized spacial score (nSPS) is 12.4. The molecule has 0 bridgehead atoms. The number of nitrogens with two attached hydrogens (primary N) is 1. The van der Waals surface area contributed by atoms with Crippen LogP contribution in [0.4, 0.5) is 0 Å². The van der Waals surface area contributed by atoms with Gasteiger partial charge in [-0.05, 0) is 13.3 Å². The van der Waals surface area contributed by atoms with Crippen molar-refractivity contribution in [2.45, 2.75) is 57.3 Å². The molecule has 1 amide bonds. The molecule has 0 fully saturated rings. The van der Waals surface area contributed by atoms with E-state index in [4.69, 9.17) is 5.73 Å². The summed E-state index contributed by atoms with van der Waals surface area (Å²) in [5.74, 6) is 1.12. The van der Waals surface area contributed by atoms with Crippen molar-refractivity contribution in [2.75, 3.05) is 5.75 Å². The first-order valence-electron chi connectivity index (χ1n) is 7.09. The zero-order valence-electron chi connectivity index (χ0n) is 12.6. The minimum Gasteiger partial charge on any atom is -0.353 e. The van der Waals surface area contributed by atoms with Gasteiger partial charge in [0.1, 0.15) is 5.82 Å². The van der Waals surface area contributed by atoms with E-state index in [1.54, 1.807) is 0 Å². The van der Waals surface area contributed by atoms with Crippen molar-refractivity contribution in [3.05, 3.63) is 5.82 Å². The fourth-order valence-electron chi connectivity index (χ4n) is 1.87. The zero-order valence-corrected chi connectivity index (χ0v) is 13.4. The van der Waals surface area contributed by atoms with E-state index in [1.165, 1.54) is 24.6 Å². The maximum absolute atomic E-state index is 11.8. The van der Waals surface area contributed by atoms with Crippen LogP contribution in [0.25, 0.3) is 0 Å². The Labute approximate surface area is 124 Å². The quantitative estimate of drug-likeness (QED) is 0.532. The lowest BCUT2D eigenvalue weighted by molar-refractivity contribution is -0.119. The molecule has 0 saturated carbocycles. The summed E-state index contributed by atoms with van der Waals surface area (Å²) in [7, 11) is 1.86. The van der Waals surface area contributed by atoms with Crippen LogP contribution in [0.2, 0.25) is 0 Å². The van der Waals surface area contributed by atoms with Gasteiger partial charge in [-0.1, -0.05) is 37.9 Å². The Morgan fingerprint density at radius 3 is 2.80 bits per heavy atom. The summed E-state index contributed by atoms with van der Waals surface area (Å²) >= 11 is 1.38. The van der Waals surface area contributed by atoms with Gasteiger partial charge in [0.2, 0.25) is 5.91 Å². The van der Waals surface area contributed by atoms with E-state index < -0.39 is 0 Å². The maximum Gasteiger partial charge on any atom is 0.230 e. The smallest absolute Gasteiger partial charge is 0.230 e. The van der Waals surface area contributed by atoms with Crippen LogP contribution >= 0.6 is 11.8 Å². The van der Waals surface area contributed by atoms with Crippen molar-refractivity contribution in [1.29, 1.82) is 0 Å². The monoisotopic (exact) mass is 299 g/mol. The number of aromatic nitrogens is 3. The van der Waals surface area contributed by atoms with Gasteiger partial charge in [-0.2, -0.15) is 0 Å². The molecule has 1 heterocycles. The molecule has 20 heavy (non-hydrogen) atoms. The highest BCUT2D eigenvalue weighted by molar-refractivity contribution is 7.99. The van der Waals surface area contributed by atoms with Crippen LogP contribution in [-0.4, -0.2) is 32.5 Å². The summed E-state index contributed by atoms with van der Waals surface area (Å²) in [6, 6.07) is 0.230. The number of hydrogen-bond donors (Lipinski definition) is 2. The van der Waals surface area contributed by atoms with Gasteiger partial charge in [0, 0.05) is 13.1 Å². The van der Waals surface area contributed by atoms with Crippen molar-refractivity contribution in [2.24, 2.45) is 12.8 Å². The topological polar surface area (TPSA) is 85.8 Å². The number of hydrogen-bond acceptors (Lipinski definition) is 5. The van der Waals surface area contributed by atoms with Gasteiger partial charge in [0.05, 0.1) is 12.3 Å². The minimum atomic E-state index is 0.0382. The highest BCUT2D eigenvalue weighted by Crippen LogP contribution is 2.15. The summed E-state index contributed by atoms with van der Waals surface area (Å²) in [5, 5.41) is 11.7. The molecule has 0 aliphatic carbocycles. The molecule has 114 valence electrons. The number of nitrogens with zero attached hydrogens (tertiary/aromatic N) is 3. The standard InChI is InChI=1S/C13H25N5OS/c1-4-5-6-7-10(2)15-12(19)9-20-13-17-16-11(8-14)18(13)3/h10H,4-9,14H2,1-3H3,(H,15,19). The van der Waals surface area contributed by atoms with Crippen molar-refractivity contribution in [1.82, 2.24) is 20.1 Å². The molecule has 1 aromatic heterocycles. The Balaban J connectivity index is 2.30. The molecule has 3 N–H and O–H groups in total. The number of carbonyl (C=O) groups is 1. The fraction of sp³-hybridized carbons (Fsp3) is 0.769. The third-order valence-electron chi connectivity index (χ3n) is 3.09. The van der Waals surface area contributed by atoms with Gasteiger partial charge in [0.15, 0.2) is 5.16 Å². The third kappa shape index (κ3) is 5.50. The van der Waals surface area contributed by atoms with Crippen LogP contribution in [-0.2, 0) is 18.4 Å². The molecule has 1 atom stereocenters. The molecule has 1 aromatic rings. The van der Waals surface area contributed by atoms with Crippen LogP contribution in [0.3, 0.4) is 0 Å².